The fourth-order valence-electron chi connectivity index (χ4n) is 1.93. The maximum Gasteiger partial charge on any atom is 0.254 e. The van der Waals surface area contributed by atoms with Gasteiger partial charge in [0.2, 0.25) is 0 Å². The summed E-state index contributed by atoms with van der Waals surface area (Å²) < 4.78 is 0. The Hall–Kier alpha value is -0.480. The number of carbonyl (C=O) groups is 1. The minimum absolute atomic E-state index is 0. The van der Waals surface area contributed by atoms with Crippen molar-refractivity contribution in [1.29, 1.82) is 0 Å². The number of benzene rings is 1. The van der Waals surface area contributed by atoms with Gasteiger partial charge in [-0.1, -0.05) is 23.2 Å². The number of hydrogen-bond donors (Lipinski definition) is 1. The Morgan fingerprint density at radius 3 is 2.72 bits per heavy atom. The molecule has 0 radical (unpaired) electrons. The van der Waals surface area contributed by atoms with Crippen LogP contribution in [0.2, 0.25) is 10.0 Å². The molecule has 0 bridgehead atoms. The van der Waals surface area contributed by atoms with Crippen LogP contribution in [0.25, 0.3) is 0 Å². The lowest BCUT2D eigenvalue weighted by atomic mass is 10.1. The van der Waals surface area contributed by atoms with E-state index in [1.807, 2.05) is 4.90 Å². The first-order valence-corrected chi connectivity index (χ1v) is 6.31. The number of amides is 1. The van der Waals surface area contributed by atoms with Crippen molar-refractivity contribution in [2.75, 3.05) is 19.6 Å². The van der Waals surface area contributed by atoms with Crippen molar-refractivity contribution < 1.29 is 4.79 Å². The van der Waals surface area contributed by atoms with Crippen molar-refractivity contribution in [2.24, 2.45) is 0 Å². The first-order chi connectivity index (χ1) is 8.08. The molecule has 1 unspecified atom stereocenters. The Balaban J connectivity index is 0.00000162. The number of piperazine rings is 1. The van der Waals surface area contributed by atoms with Crippen LogP contribution in [0.15, 0.2) is 18.2 Å². The van der Waals surface area contributed by atoms with E-state index in [9.17, 15) is 4.79 Å². The second kappa shape index (κ2) is 6.62. The smallest absolute Gasteiger partial charge is 0.254 e. The summed E-state index contributed by atoms with van der Waals surface area (Å²) in [6, 6.07) is 5.32. The van der Waals surface area contributed by atoms with Gasteiger partial charge in [0.15, 0.2) is 0 Å². The molecule has 1 aliphatic heterocycles. The molecule has 1 fully saturated rings. The van der Waals surface area contributed by atoms with Gasteiger partial charge in [-0.15, -0.1) is 12.4 Å². The molecular weight excluding hydrogens is 295 g/mol. The van der Waals surface area contributed by atoms with E-state index < -0.39 is 0 Å². The summed E-state index contributed by atoms with van der Waals surface area (Å²) in [4.78, 5) is 14.0. The summed E-state index contributed by atoms with van der Waals surface area (Å²) in [5.74, 6) is 0.0110. The Kier molecular flexibility index (Phi) is 5.73. The van der Waals surface area contributed by atoms with Gasteiger partial charge in [-0.25, -0.2) is 0 Å². The van der Waals surface area contributed by atoms with Crippen molar-refractivity contribution in [1.82, 2.24) is 10.2 Å². The zero-order chi connectivity index (χ0) is 12.4. The molecule has 0 aromatic heterocycles. The van der Waals surface area contributed by atoms with Crippen molar-refractivity contribution >= 4 is 41.5 Å². The van der Waals surface area contributed by atoms with Crippen LogP contribution in [0, 0.1) is 0 Å². The van der Waals surface area contributed by atoms with Crippen molar-refractivity contribution in [3.63, 3.8) is 0 Å². The van der Waals surface area contributed by atoms with E-state index >= 15 is 0 Å². The lowest BCUT2D eigenvalue weighted by Crippen LogP contribution is -2.51. The number of rotatable bonds is 1. The predicted octanol–water partition coefficient (Wildman–Crippen LogP) is 2.85. The molecule has 2 rings (SSSR count). The molecule has 1 atom stereocenters. The van der Waals surface area contributed by atoms with Crippen LogP contribution < -0.4 is 5.32 Å². The Labute approximate surface area is 123 Å². The van der Waals surface area contributed by atoms with Gasteiger partial charge in [0.05, 0.1) is 10.0 Å². The molecule has 6 heteroatoms. The Morgan fingerprint density at radius 2 is 2.11 bits per heavy atom. The second-order valence-electron chi connectivity index (χ2n) is 4.24. The quantitative estimate of drug-likeness (QED) is 0.865. The Bertz CT molecular complexity index is 439. The summed E-state index contributed by atoms with van der Waals surface area (Å²) >= 11 is 11.7. The molecule has 1 heterocycles. The third-order valence-electron chi connectivity index (χ3n) is 2.82. The SMILES string of the molecule is CC1CN(C(=O)c2ccc(Cl)c(Cl)c2)CCN1.Cl. The topological polar surface area (TPSA) is 32.3 Å². The summed E-state index contributed by atoms with van der Waals surface area (Å²) in [5, 5.41) is 4.18. The molecule has 0 saturated carbocycles. The van der Waals surface area contributed by atoms with Gasteiger partial charge in [0.25, 0.3) is 5.91 Å². The number of nitrogens with zero attached hydrogens (tertiary/aromatic N) is 1. The summed E-state index contributed by atoms with van der Waals surface area (Å²) in [7, 11) is 0. The van der Waals surface area contributed by atoms with E-state index in [0.29, 0.717) is 21.7 Å². The van der Waals surface area contributed by atoms with Gasteiger partial charge in [-0.3, -0.25) is 4.79 Å². The van der Waals surface area contributed by atoms with Crippen molar-refractivity contribution in [3.8, 4) is 0 Å². The van der Waals surface area contributed by atoms with E-state index in [1.165, 1.54) is 0 Å². The standard InChI is InChI=1S/C12H14Cl2N2O.ClH/c1-8-7-16(5-4-15-8)12(17)9-2-3-10(13)11(14)6-9;/h2-3,6,8,15H,4-5,7H2,1H3;1H. The van der Waals surface area contributed by atoms with Crippen LogP contribution >= 0.6 is 35.6 Å². The third-order valence-corrected chi connectivity index (χ3v) is 3.56. The molecule has 18 heavy (non-hydrogen) atoms. The largest absolute Gasteiger partial charge is 0.336 e. The van der Waals surface area contributed by atoms with Crippen molar-refractivity contribution in [2.45, 2.75) is 13.0 Å². The Morgan fingerprint density at radius 1 is 1.39 bits per heavy atom. The highest BCUT2D eigenvalue weighted by molar-refractivity contribution is 6.42. The summed E-state index contributed by atoms with van der Waals surface area (Å²) in [6.07, 6.45) is 0. The molecule has 100 valence electrons. The lowest BCUT2D eigenvalue weighted by molar-refractivity contribution is 0.0709. The van der Waals surface area contributed by atoms with Crippen LogP contribution in [0.4, 0.5) is 0 Å². The predicted molar refractivity (Wildman–Crippen MR) is 77.1 cm³/mol. The molecule has 1 aromatic rings. The molecule has 1 aliphatic rings. The fourth-order valence-corrected chi connectivity index (χ4v) is 2.23. The highest BCUT2D eigenvalue weighted by atomic mass is 35.5. The maximum absolute atomic E-state index is 12.2. The van der Waals surface area contributed by atoms with Crippen molar-refractivity contribution in [3.05, 3.63) is 33.8 Å². The minimum Gasteiger partial charge on any atom is -0.336 e. The van der Waals surface area contributed by atoms with Crippen LogP contribution in [0.1, 0.15) is 17.3 Å². The van der Waals surface area contributed by atoms with E-state index in [-0.39, 0.29) is 18.3 Å². The molecular formula is C12H15Cl3N2O. The fraction of sp³-hybridized carbons (Fsp3) is 0.417. The average Bonchev–Trinajstić information content (AvgIpc) is 2.32. The lowest BCUT2D eigenvalue weighted by Gasteiger charge is -2.32. The first kappa shape index (κ1) is 15.6. The van der Waals surface area contributed by atoms with Gasteiger partial charge in [-0.2, -0.15) is 0 Å². The molecule has 0 spiro atoms. The number of halogens is 3. The van der Waals surface area contributed by atoms with Crippen LogP contribution in [0.3, 0.4) is 0 Å². The normalized spacial score (nSPS) is 19.3. The third kappa shape index (κ3) is 3.51. The maximum atomic E-state index is 12.2. The first-order valence-electron chi connectivity index (χ1n) is 5.55. The van der Waals surface area contributed by atoms with E-state index in [1.54, 1.807) is 18.2 Å². The van der Waals surface area contributed by atoms with E-state index in [0.717, 1.165) is 19.6 Å². The second-order valence-corrected chi connectivity index (χ2v) is 5.05. The van der Waals surface area contributed by atoms with Crippen LogP contribution in [-0.2, 0) is 0 Å². The number of nitrogens with one attached hydrogen (secondary N) is 1. The molecule has 1 aromatic carbocycles. The zero-order valence-corrected chi connectivity index (χ0v) is 12.3. The van der Waals surface area contributed by atoms with Crippen LogP contribution in [-0.4, -0.2) is 36.5 Å². The van der Waals surface area contributed by atoms with Crippen LogP contribution in [0.5, 0.6) is 0 Å². The number of carbonyl (C=O) groups excluding carboxylic acids is 1. The monoisotopic (exact) mass is 308 g/mol. The van der Waals surface area contributed by atoms with Gasteiger partial charge in [0, 0.05) is 31.2 Å². The highest BCUT2D eigenvalue weighted by Gasteiger charge is 2.21. The molecule has 0 aliphatic carbocycles. The van der Waals surface area contributed by atoms with Gasteiger partial charge < -0.3 is 10.2 Å². The molecule has 1 N–H and O–H groups in total. The molecule has 3 nitrogen and oxygen atoms in total. The van der Waals surface area contributed by atoms with Gasteiger partial charge in [0.1, 0.15) is 0 Å². The van der Waals surface area contributed by atoms with Gasteiger partial charge in [-0.05, 0) is 25.1 Å². The van der Waals surface area contributed by atoms with E-state index in [4.69, 9.17) is 23.2 Å². The summed E-state index contributed by atoms with van der Waals surface area (Å²) in [5.41, 5.74) is 0.591. The highest BCUT2D eigenvalue weighted by Crippen LogP contribution is 2.23. The number of hydrogen-bond acceptors (Lipinski definition) is 2. The van der Waals surface area contributed by atoms with E-state index in [2.05, 4.69) is 12.2 Å². The average molecular weight is 310 g/mol. The molecule has 1 saturated heterocycles. The zero-order valence-electron chi connectivity index (χ0n) is 9.95. The minimum atomic E-state index is 0. The van der Waals surface area contributed by atoms with Gasteiger partial charge >= 0.3 is 0 Å². The summed E-state index contributed by atoms with van der Waals surface area (Å²) in [6.45, 7) is 4.34. The molecule has 1 amide bonds.